The van der Waals surface area contributed by atoms with Crippen molar-refractivity contribution in [2.75, 3.05) is 42.6 Å². The molecule has 0 saturated carbocycles. The van der Waals surface area contributed by atoms with E-state index < -0.39 is 0 Å². The minimum absolute atomic E-state index is 0.0734. The van der Waals surface area contributed by atoms with Crippen molar-refractivity contribution in [3.8, 4) is 11.3 Å². The van der Waals surface area contributed by atoms with Gasteiger partial charge in [0.1, 0.15) is 0 Å². The Kier molecular flexibility index (Phi) is 4.99. The highest BCUT2D eigenvalue weighted by molar-refractivity contribution is 5.98. The summed E-state index contributed by atoms with van der Waals surface area (Å²) in [5.74, 6) is 0. The second-order valence-corrected chi connectivity index (χ2v) is 9.81. The highest BCUT2D eigenvalue weighted by Gasteiger charge is 2.39. The zero-order valence-electron chi connectivity index (χ0n) is 20.0. The molecule has 6 nitrogen and oxygen atoms in total. The summed E-state index contributed by atoms with van der Waals surface area (Å²) in [4.78, 5) is 19.4. The Morgan fingerprint density at radius 1 is 0.971 bits per heavy atom. The Labute approximate surface area is 200 Å². The van der Waals surface area contributed by atoms with Crippen molar-refractivity contribution in [3.63, 3.8) is 0 Å². The number of hydrogen-bond donors (Lipinski definition) is 0. The zero-order valence-corrected chi connectivity index (χ0v) is 20.0. The first-order chi connectivity index (χ1) is 16.5. The summed E-state index contributed by atoms with van der Waals surface area (Å²) >= 11 is 0. The summed E-state index contributed by atoms with van der Waals surface area (Å²) in [6.07, 6.45) is 3.85. The fourth-order valence-electron chi connectivity index (χ4n) is 5.32. The average Bonchev–Trinajstić information content (AvgIpc) is 3.14. The number of ether oxygens (including phenoxy) is 1. The maximum atomic E-state index is 5.57. The van der Waals surface area contributed by atoms with Crippen molar-refractivity contribution >= 4 is 28.1 Å². The number of fused-ring (bicyclic) bond motifs is 2. The number of anilines is 3. The van der Waals surface area contributed by atoms with Crippen LogP contribution in [0.4, 0.5) is 17.1 Å². The van der Waals surface area contributed by atoms with Crippen LogP contribution in [0, 0.1) is 6.92 Å². The minimum Gasteiger partial charge on any atom is -0.378 e. The maximum Gasteiger partial charge on any atom is 0.161 e. The van der Waals surface area contributed by atoms with Crippen LogP contribution in [0.25, 0.3) is 22.3 Å². The Morgan fingerprint density at radius 2 is 1.76 bits per heavy atom. The normalized spacial score (nSPS) is 17.3. The van der Waals surface area contributed by atoms with Gasteiger partial charge in [-0.15, -0.1) is 0 Å². The van der Waals surface area contributed by atoms with Gasteiger partial charge in [0.05, 0.1) is 47.9 Å². The highest BCUT2D eigenvalue weighted by Crippen LogP contribution is 2.48. The van der Waals surface area contributed by atoms with Crippen LogP contribution >= 0.6 is 0 Å². The van der Waals surface area contributed by atoms with E-state index >= 15 is 0 Å². The molecule has 1 aromatic carbocycles. The SMILES string of the molecule is Cc1c(-c2ccccc2)nc2ncccc2c1N1CC(C)(C)c2ncc(N3CCOCC3)cc21. The fraction of sp³-hybridized carbons (Fsp3) is 0.321. The van der Waals surface area contributed by atoms with Gasteiger partial charge in [-0.1, -0.05) is 44.2 Å². The predicted octanol–water partition coefficient (Wildman–Crippen LogP) is 5.27. The molecule has 0 amide bonds. The Bertz CT molecular complexity index is 1360. The summed E-state index contributed by atoms with van der Waals surface area (Å²) in [5, 5.41) is 1.07. The van der Waals surface area contributed by atoms with Gasteiger partial charge in [-0.3, -0.25) is 4.98 Å². The lowest BCUT2D eigenvalue weighted by atomic mass is 9.91. The molecule has 0 bridgehead atoms. The van der Waals surface area contributed by atoms with Crippen LogP contribution in [0.3, 0.4) is 0 Å². The lowest BCUT2D eigenvalue weighted by Gasteiger charge is -2.30. The smallest absolute Gasteiger partial charge is 0.161 e. The summed E-state index contributed by atoms with van der Waals surface area (Å²) < 4.78 is 5.57. The fourth-order valence-corrected chi connectivity index (χ4v) is 5.32. The number of rotatable bonds is 3. The Morgan fingerprint density at radius 3 is 2.56 bits per heavy atom. The van der Waals surface area contributed by atoms with Gasteiger partial charge in [0, 0.05) is 42.2 Å². The number of morpholine rings is 1. The third-order valence-corrected chi connectivity index (χ3v) is 7.00. The topological polar surface area (TPSA) is 54.4 Å². The van der Waals surface area contributed by atoms with Gasteiger partial charge in [-0.2, -0.15) is 0 Å². The third kappa shape index (κ3) is 3.41. The van der Waals surface area contributed by atoms with Gasteiger partial charge >= 0.3 is 0 Å². The minimum atomic E-state index is -0.0734. The number of benzene rings is 1. The highest BCUT2D eigenvalue weighted by atomic mass is 16.5. The molecule has 0 N–H and O–H groups in total. The second kappa shape index (κ2) is 8.06. The Hall–Kier alpha value is -3.51. The van der Waals surface area contributed by atoms with Crippen molar-refractivity contribution in [2.45, 2.75) is 26.2 Å². The molecule has 2 aliphatic rings. The van der Waals surface area contributed by atoms with Crippen LogP contribution < -0.4 is 9.80 Å². The van der Waals surface area contributed by atoms with E-state index in [0.717, 1.165) is 72.1 Å². The van der Waals surface area contributed by atoms with E-state index in [1.807, 2.05) is 24.5 Å². The molecular formula is C28H29N5O. The summed E-state index contributed by atoms with van der Waals surface area (Å²) in [5.41, 5.74) is 8.57. The van der Waals surface area contributed by atoms with E-state index in [2.05, 4.69) is 72.0 Å². The average molecular weight is 452 g/mol. The molecule has 1 fully saturated rings. The molecule has 3 aromatic heterocycles. The first kappa shape index (κ1) is 21.1. The van der Waals surface area contributed by atoms with Crippen molar-refractivity contribution in [3.05, 3.63) is 72.2 Å². The first-order valence-corrected chi connectivity index (χ1v) is 11.9. The van der Waals surface area contributed by atoms with Crippen molar-refractivity contribution < 1.29 is 4.74 Å². The molecule has 0 aliphatic carbocycles. The number of aromatic nitrogens is 3. The molecule has 6 rings (SSSR count). The first-order valence-electron chi connectivity index (χ1n) is 11.9. The molecule has 172 valence electrons. The molecule has 2 aliphatic heterocycles. The maximum absolute atomic E-state index is 5.57. The molecular weight excluding hydrogens is 422 g/mol. The molecule has 0 atom stereocenters. The summed E-state index contributed by atoms with van der Waals surface area (Å²) in [7, 11) is 0. The van der Waals surface area contributed by atoms with Gasteiger partial charge in [0.2, 0.25) is 0 Å². The largest absolute Gasteiger partial charge is 0.378 e. The van der Waals surface area contributed by atoms with E-state index in [1.165, 1.54) is 11.4 Å². The summed E-state index contributed by atoms with van der Waals surface area (Å²) in [6.45, 7) is 10.9. The van der Waals surface area contributed by atoms with E-state index in [4.69, 9.17) is 14.7 Å². The monoisotopic (exact) mass is 451 g/mol. The van der Waals surface area contributed by atoms with Crippen LogP contribution in [0.1, 0.15) is 25.1 Å². The van der Waals surface area contributed by atoms with Crippen LogP contribution in [0.2, 0.25) is 0 Å². The van der Waals surface area contributed by atoms with Gasteiger partial charge in [-0.05, 0) is 30.7 Å². The van der Waals surface area contributed by atoms with Crippen molar-refractivity contribution in [2.24, 2.45) is 0 Å². The van der Waals surface area contributed by atoms with E-state index in [0.29, 0.717) is 0 Å². The van der Waals surface area contributed by atoms with E-state index in [-0.39, 0.29) is 5.41 Å². The van der Waals surface area contributed by atoms with Crippen LogP contribution in [-0.4, -0.2) is 47.8 Å². The van der Waals surface area contributed by atoms with E-state index in [1.54, 1.807) is 0 Å². The Balaban J connectivity index is 1.56. The molecule has 6 heteroatoms. The molecule has 5 heterocycles. The lowest BCUT2D eigenvalue weighted by molar-refractivity contribution is 0.122. The number of hydrogen-bond acceptors (Lipinski definition) is 6. The standard InChI is InChI=1S/C28H29N5O/c1-19-24(20-8-5-4-6-9-20)31-27-22(10-7-11-29-27)25(19)33-18-28(2,3)26-23(33)16-21(17-30-26)32-12-14-34-15-13-32/h4-11,16-17H,12-15,18H2,1-3H3. The van der Waals surface area contributed by atoms with Crippen LogP contribution in [-0.2, 0) is 10.2 Å². The molecule has 0 spiro atoms. The molecule has 1 saturated heterocycles. The van der Waals surface area contributed by atoms with Crippen molar-refractivity contribution in [1.82, 2.24) is 15.0 Å². The molecule has 0 radical (unpaired) electrons. The van der Waals surface area contributed by atoms with Gasteiger partial charge < -0.3 is 14.5 Å². The van der Waals surface area contributed by atoms with Gasteiger partial charge in [0.15, 0.2) is 5.65 Å². The van der Waals surface area contributed by atoms with Crippen LogP contribution in [0.15, 0.2) is 60.9 Å². The third-order valence-electron chi connectivity index (χ3n) is 7.00. The number of pyridine rings is 3. The van der Waals surface area contributed by atoms with Gasteiger partial charge in [-0.25, -0.2) is 9.97 Å². The molecule has 34 heavy (non-hydrogen) atoms. The molecule has 4 aromatic rings. The van der Waals surface area contributed by atoms with Crippen molar-refractivity contribution in [1.29, 1.82) is 0 Å². The zero-order chi connectivity index (χ0) is 23.3. The number of nitrogens with zero attached hydrogens (tertiary/aromatic N) is 5. The van der Waals surface area contributed by atoms with Gasteiger partial charge in [0.25, 0.3) is 0 Å². The lowest BCUT2D eigenvalue weighted by Crippen LogP contribution is -2.36. The second-order valence-electron chi connectivity index (χ2n) is 9.81. The predicted molar refractivity (Wildman–Crippen MR) is 137 cm³/mol. The quantitative estimate of drug-likeness (QED) is 0.423. The summed E-state index contributed by atoms with van der Waals surface area (Å²) in [6, 6.07) is 16.8. The van der Waals surface area contributed by atoms with E-state index in [9.17, 15) is 0 Å². The molecule has 0 unspecified atom stereocenters. The van der Waals surface area contributed by atoms with Crippen LogP contribution in [0.5, 0.6) is 0 Å².